The van der Waals surface area contributed by atoms with Crippen molar-refractivity contribution in [3.8, 4) is 5.75 Å². The fourth-order valence-corrected chi connectivity index (χ4v) is 2.39. The molecule has 0 aliphatic heterocycles. The van der Waals surface area contributed by atoms with Crippen molar-refractivity contribution in [3.63, 3.8) is 0 Å². The van der Waals surface area contributed by atoms with Gasteiger partial charge in [0, 0.05) is 12.7 Å². The van der Waals surface area contributed by atoms with Crippen LogP contribution in [0.5, 0.6) is 5.75 Å². The third-order valence-electron chi connectivity index (χ3n) is 3.84. The number of hydrogen-bond donors (Lipinski definition) is 2. The van der Waals surface area contributed by atoms with Gasteiger partial charge in [0.25, 0.3) is 5.91 Å². The molecule has 1 aromatic carbocycles. The number of methoxy groups -OCH3 is 1. The van der Waals surface area contributed by atoms with Gasteiger partial charge < -0.3 is 15.2 Å². The number of ether oxygens (including phenoxy) is 1. The number of aliphatic carboxylic acids is 1. The first-order chi connectivity index (χ1) is 12.7. The molecule has 1 heterocycles. The zero-order valence-electron chi connectivity index (χ0n) is 14.3. The largest absolute Gasteiger partial charge is 0.496 e. The Morgan fingerprint density at radius 1 is 1.22 bits per heavy atom. The highest BCUT2D eigenvalue weighted by Crippen LogP contribution is 2.28. The van der Waals surface area contributed by atoms with Crippen LogP contribution in [-0.4, -0.2) is 35.6 Å². The lowest BCUT2D eigenvalue weighted by atomic mass is 9.98. The zero-order valence-corrected chi connectivity index (χ0v) is 14.3. The van der Waals surface area contributed by atoms with Crippen LogP contribution in [0.25, 0.3) is 0 Å². The highest BCUT2D eigenvalue weighted by atomic mass is 19.4. The number of nitrogens with zero attached hydrogens (tertiary/aromatic N) is 1. The van der Waals surface area contributed by atoms with E-state index in [4.69, 9.17) is 4.74 Å². The first-order valence-electron chi connectivity index (χ1n) is 7.88. The number of rotatable bonds is 7. The summed E-state index contributed by atoms with van der Waals surface area (Å²) in [6.45, 7) is -0.213. The Morgan fingerprint density at radius 2 is 1.93 bits per heavy atom. The van der Waals surface area contributed by atoms with Crippen LogP contribution in [0.4, 0.5) is 13.2 Å². The van der Waals surface area contributed by atoms with Crippen molar-refractivity contribution >= 4 is 11.9 Å². The monoisotopic (exact) mass is 382 g/mol. The minimum atomic E-state index is -4.55. The van der Waals surface area contributed by atoms with E-state index in [2.05, 4.69) is 10.3 Å². The molecule has 0 bridgehead atoms. The summed E-state index contributed by atoms with van der Waals surface area (Å²) in [6.07, 6.45) is -3.89. The lowest BCUT2D eigenvalue weighted by Gasteiger charge is -2.15. The van der Waals surface area contributed by atoms with Crippen molar-refractivity contribution in [2.24, 2.45) is 5.92 Å². The van der Waals surface area contributed by atoms with Crippen molar-refractivity contribution in [2.75, 3.05) is 13.7 Å². The number of carboxylic acids is 1. The molecule has 2 rings (SSSR count). The van der Waals surface area contributed by atoms with E-state index in [9.17, 15) is 27.9 Å². The predicted octanol–water partition coefficient (Wildman–Crippen LogP) is 2.78. The van der Waals surface area contributed by atoms with Crippen LogP contribution in [0.2, 0.25) is 0 Å². The quantitative estimate of drug-likeness (QED) is 0.769. The first-order valence-corrected chi connectivity index (χ1v) is 7.88. The van der Waals surface area contributed by atoms with Crippen LogP contribution in [0.15, 0.2) is 42.6 Å². The van der Waals surface area contributed by atoms with E-state index < -0.39 is 29.5 Å². The van der Waals surface area contributed by atoms with E-state index in [-0.39, 0.29) is 18.7 Å². The number of aromatic nitrogens is 1. The van der Waals surface area contributed by atoms with Crippen LogP contribution >= 0.6 is 0 Å². The molecule has 1 unspecified atom stereocenters. The normalized spacial score (nSPS) is 12.3. The Labute approximate surface area is 153 Å². The molecule has 144 valence electrons. The second-order valence-electron chi connectivity index (χ2n) is 5.69. The van der Waals surface area contributed by atoms with Crippen LogP contribution in [0, 0.1) is 5.92 Å². The van der Waals surface area contributed by atoms with Crippen LogP contribution in [0.1, 0.15) is 21.6 Å². The molecule has 0 aliphatic rings. The molecule has 0 fully saturated rings. The molecule has 0 saturated heterocycles. The van der Waals surface area contributed by atoms with E-state index in [1.807, 2.05) is 0 Å². The molecule has 0 aliphatic carbocycles. The number of pyridine rings is 1. The van der Waals surface area contributed by atoms with Gasteiger partial charge in [-0.25, -0.2) is 0 Å². The summed E-state index contributed by atoms with van der Waals surface area (Å²) in [7, 11) is 1.46. The zero-order chi connectivity index (χ0) is 20.0. The molecule has 6 nitrogen and oxygen atoms in total. The summed E-state index contributed by atoms with van der Waals surface area (Å²) in [5, 5.41) is 11.8. The number of carbonyl (C=O) groups is 2. The molecule has 0 spiro atoms. The fraction of sp³-hybridized carbons (Fsp3) is 0.278. The van der Waals surface area contributed by atoms with E-state index >= 15 is 0 Å². The Balaban J connectivity index is 2.03. The minimum absolute atomic E-state index is 0.111. The van der Waals surface area contributed by atoms with Gasteiger partial charge in [-0.3, -0.25) is 14.6 Å². The molecule has 2 aromatic rings. The van der Waals surface area contributed by atoms with E-state index in [0.29, 0.717) is 17.5 Å². The van der Waals surface area contributed by atoms with Gasteiger partial charge in [-0.1, -0.05) is 18.2 Å². The Kier molecular flexibility index (Phi) is 6.38. The van der Waals surface area contributed by atoms with Crippen molar-refractivity contribution in [1.82, 2.24) is 10.3 Å². The number of para-hydroxylation sites is 1. The standard InChI is InChI=1S/C18H17F3N2O4/c1-27-15-5-3-2-4-11(15)8-12(17(25)26)9-23-16(24)14-7-6-13(10-22-14)18(19,20)21/h2-7,10,12H,8-9H2,1H3,(H,23,24)(H,25,26). The Hall–Kier alpha value is -3.10. The van der Waals surface area contributed by atoms with Crippen molar-refractivity contribution in [2.45, 2.75) is 12.6 Å². The molecule has 1 aromatic heterocycles. The number of alkyl halides is 3. The molecule has 0 saturated carbocycles. The van der Waals surface area contributed by atoms with Crippen LogP contribution in [0.3, 0.4) is 0 Å². The Bertz CT molecular complexity index is 807. The summed E-state index contributed by atoms with van der Waals surface area (Å²) in [4.78, 5) is 27.0. The van der Waals surface area contributed by atoms with Gasteiger partial charge in [-0.05, 0) is 30.2 Å². The SMILES string of the molecule is COc1ccccc1CC(CNC(=O)c1ccc(C(F)(F)F)cn1)C(=O)O. The van der Waals surface area contributed by atoms with E-state index in [1.54, 1.807) is 24.3 Å². The van der Waals surface area contributed by atoms with Crippen LogP contribution in [-0.2, 0) is 17.4 Å². The first kappa shape index (κ1) is 20.2. The molecule has 1 amide bonds. The second kappa shape index (κ2) is 8.52. The molecular formula is C18H17F3N2O4. The molecule has 9 heteroatoms. The van der Waals surface area contributed by atoms with Gasteiger partial charge >= 0.3 is 12.1 Å². The topological polar surface area (TPSA) is 88.5 Å². The number of hydrogen-bond acceptors (Lipinski definition) is 4. The maximum atomic E-state index is 12.5. The number of carboxylic acid groups (broad SMARTS) is 1. The highest BCUT2D eigenvalue weighted by Gasteiger charge is 2.31. The summed E-state index contributed by atoms with van der Waals surface area (Å²) >= 11 is 0. The molecular weight excluding hydrogens is 365 g/mol. The maximum absolute atomic E-state index is 12.5. The fourth-order valence-electron chi connectivity index (χ4n) is 2.39. The molecule has 1 atom stereocenters. The lowest BCUT2D eigenvalue weighted by Crippen LogP contribution is -2.34. The predicted molar refractivity (Wildman–Crippen MR) is 89.4 cm³/mol. The summed E-state index contributed by atoms with van der Waals surface area (Å²) in [5.74, 6) is -2.30. The third-order valence-corrected chi connectivity index (χ3v) is 3.84. The van der Waals surface area contributed by atoms with Gasteiger partial charge in [-0.15, -0.1) is 0 Å². The van der Waals surface area contributed by atoms with Crippen molar-refractivity contribution in [1.29, 1.82) is 0 Å². The minimum Gasteiger partial charge on any atom is -0.496 e. The number of benzene rings is 1. The van der Waals surface area contributed by atoms with E-state index in [1.165, 1.54) is 7.11 Å². The smallest absolute Gasteiger partial charge is 0.417 e. The van der Waals surface area contributed by atoms with Gasteiger partial charge in [-0.2, -0.15) is 13.2 Å². The maximum Gasteiger partial charge on any atom is 0.417 e. The molecule has 2 N–H and O–H groups in total. The van der Waals surface area contributed by atoms with Gasteiger partial charge in [0.2, 0.25) is 0 Å². The number of nitrogens with one attached hydrogen (secondary N) is 1. The average Bonchev–Trinajstić information content (AvgIpc) is 2.64. The van der Waals surface area contributed by atoms with Gasteiger partial charge in [0.1, 0.15) is 11.4 Å². The number of halogens is 3. The highest BCUT2D eigenvalue weighted by molar-refractivity contribution is 5.92. The van der Waals surface area contributed by atoms with E-state index in [0.717, 1.165) is 12.1 Å². The van der Waals surface area contributed by atoms with Crippen molar-refractivity contribution in [3.05, 3.63) is 59.4 Å². The summed E-state index contributed by atoms with van der Waals surface area (Å²) < 4.78 is 42.7. The molecule has 27 heavy (non-hydrogen) atoms. The number of carbonyl (C=O) groups excluding carboxylic acids is 1. The number of amides is 1. The average molecular weight is 382 g/mol. The lowest BCUT2D eigenvalue weighted by molar-refractivity contribution is -0.141. The molecule has 0 radical (unpaired) electrons. The second-order valence-corrected chi connectivity index (χ2v) is 5.69. The van der Waals surface area contributed by atoms with Gasteiger partial charge in [0.05, 0.1) is 18.6 Å². The summed E-state index contributed by atoms with van der Waals surface area (Å²) in [6, 6.07) is 8.57. The van der Waals surface area contributed by atoms with Crippen LogP contribution < -0.4 is 10.1 Å². The van der Waals surface area contributed by atoms with Crippen molar-refractivity contribution < 1.29 is 32.6 Å². The third kappa shape index (κ3) is 5.44. The van der Waals surface area contributed by atoms with Gasteiger partial charge in [0.15, 0.2) is 0 Å². The summed E-state index contributed by atoms with van der Waals surface area (Å²) in [5.41, 5.74) is -0.544. The Morgan fingerprint density at radius 3 is 2.48 bits per heavy atom.